The zero-order valence-electron chi connectivity index (χ0n) is 9.14. The number of rotatable bonds is 2. The highest BCUT2D eigenvalue weighted by Crippen LogP contribution is 2.10. The molecule has 82 valence electrons. The van der Waals surface area contributed by atoms with Crippen LogP contribution >= 0.6 is 0 Å². The third-order valence-electron chi connectivity index (χ3n) is 2.22. The van der Waals surface area contributed by atoms with Crippen LogP contribution in [0.15, 0.2) is 35.3 Å². The third-order valence-corrected chi connectivity index (χ3v) is 2.22. The van der Waals surface area contributed by atoms with E-state index in [0.29, 0.717) is 17.5 Å². The van der Waals surface area contributed by atoms with Gasteiger partial charge in [-0.25, -0.2) is 9.97 Å². The maximum Gasteiger partial charge on any atom is 0.251 e. The minimum Gasteiger partial charge on any atom is -0.326 e. The molecule has 2 aromatic rings. The van der Waals surface area contributed by atoms with E-state index in [9.17, 15) is 4.79 Å². The summed E-state index contributed by atoms with van der Waals surface area (Å²) in [6.45, 7) is 1.81. The van der Waals surface area contributed by atoms with Crippen LogP contribution in [0.5, 0.6) is 0 Å². The van der Waals surface area contributed by atoms with Crippen LogP contribution in [0.4, 0.5) is 11.6 Å². The van der Waals surface area contributed by atoms with E-state index in [1.165, 1.54) is 10.6 Å². The molecule has 2 heterocycles. The summed E-state index contributed by atoms with van der Waals surface area (Å²) in [4.78, 5) is 19.6. The van der Waals surface area contributed by atoms with Gasteiger partial charge in [0, 0.05) is 19.3 Å². The van der Waals surface area contributed by atoms with Gasteiger partial charge in [-0.1, -0.05) is 6.07 Å². The first-order valence-electron chi connectivity index (χ1n) is 4.89. The van der Waals surface area contributed by atoms with Crippen molar-refractivity contribution in [2.45, 2.75) is 6.92 Å². The van der Waals surface area contributed by atoms with Crippen molar-refractivity contribution in [2.24, 2.45) is 7.05 Å². The Hall–Kier alpha value is -2.17. The summed E-state index contributed by atoms with van der Waals surface area (Å²) in [5.74, 6) is 2.06. The lowest BCUT2D eigenvalue weighted by molar-refractivity contribution is 0.868. The zero-order valence-corrected chi connectivity index (χ0v) is 9.14. The summed E-state index contributed by atoms with van der Waals surface area (Å²) < 4.78 is 1.53. The van der Waals surface area contributed by atoms with Crippen molar-refractivity contribution in [3.63, 3.8) is 0 Å². The van der Waals surface area contributed by atoms with Crippen LogP contribution in [-0.2, 0) is 7.05 Å². The number of hydrogen-bond donors (Lipinski definition) is 1. The van der Waals surface area contributed by atoms with Gasteiger partial charge in [-0.05, 0) is 19.1 Å². The lowest BCUT2D eigenvalue weighted by Crippen LogP contribution is -2.17. The third kappa shape index (κ3) is 2.08. The molecular weight excluding hydrogens is 204 g/mol. The summed E-state index contributed by atoms with van der Waals surface area (Å²) in [6.07, 6.45) is 1.67. The van der Waals surface area contributed by atoms with Gasteiger partial charge >= 0.3 is 0 Å². The molecular formula is C11H12N4O. The zero-order chi connectivity index (χ0) is 11.5. The van der Waals surface area contributed by atoms with Gasteiger partial charge in [0.15, 0.2) is 0 Å². The summed E-state index contributed by atoms with van der Waals surface area (Å²) >= 11 is 0. The molecule has 0 unspecified atom stereocenters. The maximum atomic E-state index is 11.4. The first-order valence-corrected chi connectivity index (χ1v) is 4.89. The van der Waals surface area contributed by atoms with E-state index in [2.05, 4.69) is 15.3 Å². The molecule has 0 aromatic carbocycles. The molecule has 2 aromatic heterocycles. The summed E-state index contributed by atoms with van der Waals surface area (Å²) in [5.41, 5.74) is -0.0595. The van der Waals surface area contributed by atoms with Crippen molar-refractivity contribution in [1.29, 1.82) is 0 Å². The number of pyridine rings is 1. The molecule has 0 radical (unpaired) electrons. The fraction of sp³-hybridized carbons (Fsp3) is 0.182. The van der Waals surface area contributed by atoms with Crippen molar-refractivity contribution >= 4 is 11.6 Å². The highest BCUT2D eigenvalue weighted by molar-refractivity contribution is 5.51. The Kier molecular flexibility index (Phi) is 2.68. The normalized spacial score (nSPS) is 10.1. The molecule has 0 aliphatic rings. The van der Waals surface area contributed by atoms with Crippen molar-refractivity contribution in [2.75, 3.05) is 5.32 Å². The molecule has 0 saturated heterocycles. The van der Waals surface area contributed by atoms with Gasteiger partial charge in [-0.15, -0.1) is 0 Å². The summed E-state index contributed by atoms with van der Waals surface area (Å²) in [6, 6.07) is 6.79. The van der Waals surface area contributed by atoms with E-state index in [1.54, 1.807) is 25.4 Å². The van der Waals surface area contributed by atoms with Gasteiger partial charge in [-0.2, -0.15) is 0 Å². The monoisotopic (exact) mass is 216 g/mol. The minimum absolute atomic E-state index is 0.0595. The lowest BCUT2D eigenvalue weighted by Gasteiger charge is -2.09. The predicted molar refractivity (Wildman–Crippen MR) is 61.7 cm³/mol. The Labute approximate surface area is 92.8 Å². The van der Waals surface area contributed by atoms with Crippen molar-refractivity contribution in [1.82, 2.24) is 14.5 Å². The molecule has 16 heavy (non-hydrogen) atoms. The average molecular weight is 216 g/mol. The summed E-state index contributed by atoms with van der Waals surface area (Å²) in [7, 11) is 1.71. The molecule has 0 spiro atoms. The number of anilines is 2. The van der Waals surface area contributed by atoms with Crippen LogP contribution in [0.3, 0.4) is 0 Å². The van der Waals surface area contributed by atoms with Crippen LogP contribution in [0.1, 0.15) is 5.82 Å². The second-order valence-corrected chi connectivity index (χ2v) is 3.42. The second-order valence-electron chi connectivity index (χ2n) is 3.42. The first kappa shape index (κ1) is 10.4. The van der Waals surface area contributed by atoms with Gasteiger partial charge in [-0.3, -0.25) is 9.36 Å². The lowest BCUT2D eigenvalue weighted by atomic mass is 10.4. The van der Waals surface area contributed by atoms with Crippen molar-refractivity contribution < 1.29 is 0 Å². The maximum absolute atomic E-state index is 11.4. The van der Waals surface area contributed by atoms with E-state index in [-0.39, 0.29) is 5.56 Å². The molecule has 0 aliphatic heterocycles. The number of hydrogen-bond acceptors (Lipinski definition) is 4. The quantitative estimate of drug-likeness (QED) is 0.820. The average Bonchev–Trinajstić information content (AvgIpc) is 2.25. The van der Waals surface area contributed by atoms with Gasteiger partial charge in [0.2, 0.25) is 0 Å². The van der Waals surface area contributed by atoms with Crippen LogP contribution in [-0.4, -0.2) is 14.5 Å². The SMILES string of the molecule is Cc1nccc(Nc2cccc(=O)n2C)n1. The van der Waals surface area contributed by atoms with Crippen LogP contribution < -0.4 is 10.9 Å². The number of aryl methyl sites for hydroxylation is 1. The van der Waals surface area contributed by atoms with Gasteiger partial charge < -0.3 is 5.32 Å². The molecule has 2 rings (SSSR count). The number of nitrogens with one attached hydrogen (secondary N) is 1. The highest BCUT2D eigenvalue weighted by atomic mass is 16.1. The molecule has 0 fully saturated rings. The van der Waals surface area contributed by atoms with E-state index in [0.717, 1.165) is 0 Å². The predicted octanol–water partition coefficient (Wildman–Crippen LogP) is 1.23. The first-order chi connectivity index (χ1) is 7.66. The van der Waals surface area contributed by atoms with E-state index in [4.69, 9.17) is 0 Å². The van der Waals surface area contributed by atoms with E-state index >= 15 is 0 Å². The Morgan fingerprint density at radius 2 is 2.12 bits per heavy atom. The highest BCUT2D eigenvalue weighted by Gasteiger charge is 2.00. The minimum atomic E-state index is -0.0595. The Bertz CT molecular complexity index is 562. The smallest absolute Gasteiger partial charge is 0.251 e. The van der Waals surface area contributed by atoms with Gasteiger partial charge in [0.05, 0.1) is 0 Å². The molecule has 0 amide bonds. The van der Waals surface area contributed by atoms with Gasteiger partial charge in [0.1, 0.15) is 17.5 Å². The van der Waals surface area contributed by atoms with Crippen LogP contribution in [0.2, 0.25) is 0 Å². The molecule has 0 bridgehead atoms. The number of aromatic nitrogens is 3. The number of nitrogens with zero attached hydrogens (tertiary/aromatic N) is 3. The van der Waals surface area contributed by atoms with Crippen molar-refractivity contribution in [3.05, 3.63) is 46.6 Å². The largest absolute Gasteiger partial charge is 0.326 e. The van der Waals surface area contributed by atoms with Gasteiger partial charge in [0.25, 0.3) is 5.56 Å². The van der Waals surface area contributed by atoms with Crippen molar-refractivity contribution in [3.8, 4) is 0 Å². The molecule has 0 saturated carbocycles. The summed E-state index contributed by atoms with van der Waals surface area (Å²) in [5, 5.41) is 3.07. The fourth-order valence-corrected chi connectivity index (χ4v) is 1.35. The topological polar surface area (TPSA) is 59.8 Å². The Morgan fingerprint density at radius 1 is 1.31 bits per heavy atom. The molecule has 5 heteroatoms. The molecule has 0 atom stereocenters. The van der Waals surface area contributed by atoms with E-state index < -0.39 is 0 Å². The standard InChI is InChI=1S/C11H12N4O/c1-8-12-7-6-9(13-8)14-10-4-3-5-11(16)15(10)2/h3-7H,1-2H3,(H,12,13,14). The molecule has 5 nitrogen and oxygen atoms in total. The van der Waals surface area contributed by atoms with Crippen LogP contribution in [0.25, 0.3) is 0 Å². The second kappa shape index (κ2) is 4.14. The van der Waals surface area contributed by atoms with E-state index in [1.807, 2.05) is 13.0 Å². The Balaban J connectivity index is 2.34. The fourth-order valence-electron chi connectivity index (χ4n) is 1.35. The Morgan fingerprint density at radius 3 is 2.88 bits per heavy atom. The molecule has 1 N–H and O–H groups in total. The van der Waals surface area contributed by atoms with Crippen LogP contribution in [0, 0.1) is 6.92 Å². The molecule has 0 aliphatic carbocycles.